The van der Waals surface area contributed by atoms with E-state index in [9.17, 15) is 8.42 Å². The summed E-state index contributed by atoms with van der Waals surface area (Å²) in [6.45, 7) is 11.1. The van der Waals surface area contributed by atoms with Gasteiger partial charge in [-0.3, -0.25) is 4.18 Å². The standard InChI is InChI=1S/C7H14.C5H11NO3S/c1-3-5-7-6-4-2;1-3-5(2)4-9-10(6,7)8/h3H,1,4-7H2,2H3;3,5H,1,4H2,2H3,(H2,6,7,8). The first-order valence-electron chi connectivity index (χ1n) is 5.78. The lowest BCUT2D eigenvalue weighted by atomic mass is 10.2. The van der Waals surface area contributed by atoms with E-state index in [1.54, 1.807) is 13.0 Å². The molecule has 17 heavy (non-hydrogen) atoms. The Balaban J connectivity index is 0. The molecule has 1 unspecified atom stereocenters. The van der Waals surface area contributed by atoms with E-state index < -0.39 is 10.3 Å². The van der Waals surface area contributed by atoms with Crippen molar-refractivity contribution in [2.45, 2.75) is 39.5 Å². The van der Waals surface area contributed by atoms with Gasteiger partial charge in [-0.05, 0) is 18.8 Å². The highest BCUT2D eigenvalue weighted by Gasteiger charge is 2.03. The van der Waals surface area contributed by atoms with Crippen molar-refractivity contribution in [2.24, 2.45) is 11.1 Å². The third-order valence-electron chi connectivity index (χ3n) is 1.91. The highest BCUT2D eigenvalue weighted by atomic mass is 32.2. The van der Waals surface area contributed by atoms with Crippen molar-refractivity contribution in [1.29, 1.82) is 0 Å². The zero-order chi connectivity index (χ0) is 13.7. The Morgan fingerprint density at radius 1 is 1.35 bits per heavy atom. The Labute approximate surface area is 106 Å². The summed E-state index contributed by atoms with van der Waals surface area (Å²) in [5, 5.41) is 4.55. The van der Waals surface area contributed by atoms with Gasteiger partial charge in [0.05, 0.1) is 6.61 Å². The third-order valence-corrected chi connectivity index (χ3v) is 2.37. The lowest BCUT2D eigenvalue weighted by Crippen LogP contribution is -2.18. The minimum atomic E-state index is -3.78. The van der Waals surface area contributed by atoms with E-state index in [4.69, 9.17) is 0 Å². The predicted molar refractivity (Wildman–Crippen MR) is 72.8 cm³/mol. The number of hydrogen-bond donors (Lipinski definition) is 1. The average Bonchev–Trinajstić information content (AvgIpc) is 2.26. The largest absolute Gasteiger partial charge is 0.333 e. The van der Waals surface area contributed by atoms with E-state index >= 15 is 0 Å². The van der Waals surface area contributed by atoms with E-state index in [0.717, 1.165) is 0 Å². The number of rotatable bonds is 8. The monoisotopic (exact) mass is 263 g/mol. The normalized spacial score (nSPS) is 12.2. The molecule has 0 radical (unpaired) electrons. The Morgan fingerprint density at radius 3 is 2.29 bits per heavy atom. The summed E-state index contributed by atoms with van der Waals surface area (Å²) in [6.07, 6.45) is 8.74. The number of nitrogens with two attached hydrogens (primary N) is 1. The van der Waals surface area contributed by atoms with E-state index in [0.29, 0.717) is 0 Å². The molecule has 0 aliphatic rings. The molecule has 0 bridgehead atoms. The molecule has 0 rings (SSSR count). The minimum absolute atomic E-state index is 0.00155. The molecule has 1 atom stereocenters. The molecular weight excluding hydrogens is 238 g/mol. The Kier molecular flexibility index (Phi) is 13.0. The van der Waals surface area contributed by atoms with Gasteiger partial charge in [-0.25, -0.2) is 5.14 Å². The molecule has 0 fully saturated rings. The Bertz CT molecular complexity index is 286. The Hall–Kier alpha value is -0.650. The molecule has 0 spiro atoms. The summed E-state index contributed by atoms with van der Waals surface area (Å²) in [7, 11) is -3.78. The van der Waals surface area contributed by atoms with Gasteiger partial charge in [0.25, 0.3) is 0 Å². The van der Waals surface area contributed by atoms with Crippen LogP contribution in [0, 0.1) is 5.92 Å². The quantitative estimate of drug-likeness (QED) is 0.541. The summed E-state index contributed by atoms with van der Waals surface area (Å²) in [6, 6.07) is 0. The zero-order valence-electron chi connectivity index (χ0n) is 10.9. The molecule has 0 aromatic carbocycles. The van der Waals surface area contributed by atoms with Crippen molar-refractivity contribution in [2.75, 3.05) is 6.61 Å². The van der Waals surface area contributed by atoms with Gasteiger partial charge in [-0.1, -0.05) is 38.8 Å². The van der Waals surface area contributed by atoms with Gasteiger partial charge >= 0.3 is 10.3 Å². The third kappa shape index (κ3) is 21.2. The van der Waals surface area contributed by atoms with Gasteiger partial charge in [-0.2, -0.15) is 8.42 Å². The van der Waals surface area contributed by atoms with Crippen LogP contribution < -0.4 is 5.14 Å². The lowest BCUT2D eigenvalue weighted by Gasteiger charge is -2.03. The molecule has 0 aromatic heterocycles. The molecule has 5 heteroatoms. The van der Waals surface area contributed by atoms with E-state index in [1.165, 1.54) is 25.7 Å². The highest BCUT2D eigenvalue weighted by molar-refractivity contribution is 7.84. The summed E-state index contributed by atoms with van der Waals surface area (Å²) in [5.41, 5.74) is 0. The van der Waals surface area contributed by atoms with Crippen LogP contribution in [0.2, 0.25) is 0 Å². The Morgan fingerprint density at radius 2 is 1.94 bits per heavy atom. The average molecular weight is 263 g/mol. The van der Waals surface area contributed by atoms with Gasteiger partial charge in [0.15, 0.2) is 0 Å². The van der Waals surface area contributed by atoms with Crippen LogP contribution >= 0.6 is 0 Å². The predicted octanol–water partition coefficient (Wildman–Crippen LogP) is 2.78. The van der Waals surface area contributed by atoms with Crippen LogP contribution in [0.3, 0.4) is 0 Å². The molecule has 0 heterocycles. The summed E-state index contributed by atoms with van der Waals surface area (Å²) < 4.78 is 24.6. The molecule has 0 aliphatic carbocycles. The molecule has 0 amide bonds. The lowest BCUT2D eigenvalue weighted by molar-refractivity contribution is 0.289. The first-order chi connectivity index (χ1) is 7.87. The number of allylic oxidation sites excluding steroid dienone is 1. The fourth-order valence-electron chi connectivity index (χ4n) is 0.809. The van der Waals surface area contributed by atoms with Crippen molar-refractivity contribution in [3.8, 4) is 0 Å². The molecule has 0 aliphatic heterocycles. The van der Waals surface area contributed by atoms with Crippen LogP contribution in [0.4, 0.5) is 0 Å². The molecule has 102 valence electrons. The summed E-state index contributed by atoms with van der Waals surface area (Å²) >= 11 is 0. The van der Waals surface area contributed by atoms with Gasteiger partial charge in [0.2, 0.25) is 0 Å². The van der Waals surface area contributed by atoms with Gasteiger partial charge in [-0.15, -0.1) is 13.2 Å². The molecule has 2 N–H and O–H groups in total. The molecule has 4 nitrogen and oxygen atoms in total. The van der Waals surface area contributed by atoms with Crippen molar-refractivity contribution in [1.82, 2.24) is 0 Å². The van der Waals surface area contributed by atoms with Crippen LogP contribution in [0.1, 0.15) is 39.5 Å². The first kappa shape index (κ1) is 18.7. The maximum absolute atomic E-state index is 10.2. The van der Waals surface area contributed by atoms with Gasteiger partial charge in [0.1, 0.15) is 0 Å². The fourth-order valence-corrected chi connectivity index (χ4v) is 1.21. The highest BCUT2D eigenvalue weighted by Crippen LogP contribution is 1.97. The smallest absolute Gasteiger partial charge is 0.258 e. The molecule has 0 saturated heterocycles. The number of unbranched alkanes of at least 4 members (excludes halogenated alkanes) is 3. The van der Waals surface area contributed by atoms with Crippen LogP contribution in [0.25, 0.3) is 0 Å². The van der Waals surface area contributed by atoms with Crippen molar-refractivity contribution in [3.05, 3.63) is 25.3 Å². The molecular formula is C12H25NO3S. The second-order valence-electron chi connectivity index (χ2n) is 3.77. The maximum Gasteiger partial charge on any atom is 0.333 e. The van der Waals surface area contributed by atoms with Crippen molar-refractivity contribution >= 4 is 10.3 Å². The van der Waals surface area contributed by atoms with Crippen LogP contribution in [-0.4, -0.2) is 15.0 Å². The van der Waals surface area contributed by atoms with Crippen LogP contribution in [-0.2, 0) is 14.5 Å². The van der Waals surface area contributed by atoms with Crippen LogP contribution in [0.5, 0.6) is 0 Å². The van der Waals surface area contributed by atoms with E-state index in [-0.39, 0.29) is 12.5 Å². The minimum Gasteiger partial charge on any atom is -0.258 e. The number of hydrogen-bond acceptors (Lipinski definition) is 3. The fraction of sp³-hybridized carbons (Fsp3) is 0.667. The maximum atomic E-state index is 10.2. The summed E-state index contributed by atoms with van der Waals surface area (Å²) in [4.78, 5) is 0. The SMILES string of the molecule is C=CC(C)COS(N)(=O)=O.C=CCCCCC. The van der Waals surface area contributed by atoms with Crippen molar-refractivity contribution in [3.63, 3.8) is 0 Å². The van der Waals surface area contributed by atoms with Gasteiger partial charge < -0.3 is 0 Å². The van der Waals surface area contributed by atoms with Crippen LogP contribution in [0.15, 0.2) is 25.3 Å². The van der Waals surface area contributed by atoms with Crippen molar-refractivity contribution < 1.29 is 12.6 Å². The van der Waals surface area contributed by atoms with E-state index in [2.05, 4.69) is 29.4 Å². The zero-order valence-corrected chi connectivity index (χ0v) is 11.7. The van der Waals surface area contributed by atoms with E-state index in [1.807, 2.05) is 6.08 Å². The molecule has 0 saturated carbocycles. The second-order valence-corrected chi connectivity index (χ2v) is 5.00. The summed E-state index contributed by atoms with van der Waals surface area (Å²) in [5.74, 6) is -0.00155. The molecule has 0 aromatic rings. The second kappa shape index (κ2) is 11.8. The topological polar surface area (TPSA) is 69.4 Å². The van der Waals surface area contributed by atoms with Gasteiger partial charge in [0, 0.05) is 0 Å². The first-order valence-corrected chi connectivity index (χ1v) is 7.25.